The molecule has 0 unspecified atom stereocenters. The number of hydrogen-bond donors (Lipinski definition) is 0. The predicted octanol–water partition coefficient (Wildman–Crippen LogP) is 2.14. The monoisotopic (exact) mass is 215 g/mol. The van der Waals surface area contributed by atoms with Crippen molar-refractivity contribution in [3.05, 3.63) is 17.2 Å². The average Bonchev–Trinajstić information content (AvgIpc) is 2.19. The van der Waals surface area contributed by atoms with E-state index in [0.29, 0.717) is 5.92 Å². The second-order valence-electron chi connectivity index (χ2n) is 3.04. The molecule has 1 aliphatic rings. The summed E-state index contributed by atoms with van der Waals surface area (Å²) in [5, 5.41) is 7.70. The summed E-state index contributed by atoms with van der Waals surface area (Å²) >= 11 is 7.67. The van der Waals surface area contributed by atoms with Crippen LogP contribution in [0.5, 0.6) is 0 Å². The standard InChI is InChI=1S/C8H10ClN3S/c9-8-11-7(5-10-12-8)6-1-3-13-4-2-6/h5-6H,1-4H2. The van der Waals surface area contributed by atoms with E-state index in [0.717, 1.165) is 5.69 Å². The Morgan fingerprint density at radius 3 is 2.85 bits per heavy atom. The highest BCUT2D eigenvalue weighted by Gasteiger charge is 2.17. The molecule has 0 saturated carbocycles. The maximum absolute atomic E-state index is 5.67. The van der Waals surface area contributed by atoms with Crippen LogP contribution in [-0.2, 0) is 0 Å². The molecule has 3 nitrogen and oxygen atoms in total. The molecule has 70 valence electrons. The van der Waals surface area contributed by atoms with Gasteiger partial charge >= 0.3 is 0 Å². The van der Waals surface area contributed by atoms with Crippen LogP contribution in [0.4, 0.5) is 0 Å². The second-order valence-corrected chi connectivity index (χ2v) is 4.60. The van der Waals surface area contributed by atoms with Crippen molar-refractivity contribution >= 4 is 23.4 Å². The summed E-state index contributed by atoms with van der Waals surface area (Å²) in [6.45, 7) is 0. The van der Waals surface area contributed by atoms with Crippen molar-refractivity contribution in [3.63, 3.8) is 0 Å². The Bertz CT molecular complexity index is 288. The van der Waals surface area contributed by atoms with E-state index < -0.39 is 0 Å². The third-order valence-electron chi connectivity index (χ3n) is 2.19. The highest BCUT2D eigenvalue weighted by Crippen LogP contribution is 2.29. The summed E-state index contributed by atoms with van der Waals surface area (Å²) < 4.78 is 0. The van der Waals surface area contributed by atoms with Crippen molar-refractivity contribution in [2.45, 2.75) is 18.8 Å². The van der Waals surface area contributed by atoms with Gasteiger partial charge in [0.2, 0.25) is 5.28 Å². The van der Waals surface area contributed by atoms with Crippen LogP contribution in [0, 0.1) is 0 Å². The topological polar surface area (TPSA) is 38.7 Å². The molecule has 1 fully saturated rings. The average molecular weight is 216 g/mol. The lowest BCUT2D eigenvalue weighted by Gasteiger charge is -2.19. The number of hydrogen-bond acceptors (Lipinski definition) is 4. The van der Waals surface area contributed by atoms with Crippen LogP contribution >= 0.6 is 23.4 Å². The lowest BCUT2D eigenvalue weighted by Crippen LogP contribution is -2.10. The van der Waals surface area contributed by atoms with Crippen LogP contribution in [0.3, 0.4) is 0 Å². The van der Waals surface area contributed by atoms with E-state index in [2.05, 4.69) is 15.2 Å². The van der Waals surface area contributed by atoms with Gasteiger partial charge in [-0.1, -0.05) is 0 Å². The summed E-state index contributed by atoms with van der Waals surface area (Å²) in [6, 6.07) is 0. The lowest BCUT2D eigenvalue weighted by atomic mass is 10.00. The molecule has 0 bridgehead atoms. The van der Waals surface area contributed by atoms with Gasteiger partial charge in [-0.2, -0.15) is 16.9 Å². The first kappa shape index (κ1) is 9.21. The van der Waals surface area contributed by atoms with E-state index in [1.807, 2.05) is 11.8 Å². The van der Waals surface area contributed by atoms with E-state index in [1.54, 1.807) is 6.20 Å². The predicted molar refractivity (Wildman–Crippen MR) is 54.1 cm³/mol. The van der Waals surface area contributed by atoms with Gasteiger partial charge in [-0.05, 0) is 35.9 Å². The van der Waals surface area contributed by atoms with Gasteiger partial charge in [0.1, 0.15) is 0 Å². The number of halogens is 1. The Balaban J connectivity index is 2.14. The SMILES string of the molecule is Clc1nncc(C2CCSCC2)n1. The molecule has 13 heavy (non-hydrogen) atoms. The van der Waals surface area contributed by atoms with Gasteiger partial charge in [0.25, 0.3) is 0 Å². The van der Waals surface area contributed by atoms with Gasteiger partial charge in [-0.15, -0.1) is 5.10 Å². The molecule has 2 heterocycles. The summed E-state index contributed by atoms with van der Waals surface area (Å²) in [4.78, 5) is 4.18. The molecule has 0 radical (unpaired) electrons. The third-order valence-corrected chi connectivity index (χ3v) is 3.40. The van der Waals surface area contributed by atoms with Crippen molar-refractivity contribution < 1.29 is 0 Å². The number of thioether (sulfide) groups is 1. The molecule has 0 aliphatic carbocycles. The first-order chi connectivity index (χ1) is 6.36. The van der Waals surface area contributed by atoms with Crippen molar-refractivity contribution in [2.75, 3.05) is 11.5 Å². The zero-order chi connectivity index (χ0) is 9.10. The largest absolute Gasteiger partial charge is 0.243 e. The molecule has 1 aromatic heterocycles. The molecule has 0 amide bonds. The number of nitrogens with zero attached hydrogens (tertiary/aromatic N) is 3. The Labute approximate surface area is 86.3 Å². The minimum absolute atomic E-state index is 0.260. The maximum Gasteiger partial charge on any atom is 0.243 e. The highest BCUT2D eigenvalue weighted by atomic mass is 35.5. The first-order valence-corrected chi connectivity index (χ1v) is 5.82. The zero-order valence-corrected chi connectivity index (χ0v) is 8.68. The maximum atomic E-state index is 5.67. The Kier molecular flexibility index (Phi) is 3.01. The van der Waals surface area contributed by atoms with Gasteiger partial charge in [-0.3, -0.25) is 0 Å². The quantitative estimate of drug-likeness (QED) is 0.720. The Hall–Kier alpha value is -0.350. The second kappa shape index (κ2) is 4.24. The fraction of sp³-hybridized carbons (Fsp3) is 0.625. The molecule has 2 rings (SSSR count). The normalized spacial score (nSPS) is 18.8. The molecular weight excluding hydrogens is 206 g/mol. The minimum Gasteiger partial charge on any atom is -0.220 e. The Morgan fingerprint density at radius 2 is 2.15 bits per heavy atom. The molecule has 1 aliphatic heterocycles. The number of aromatic nitrogens is 3. The van der Waals surface area contributed by atoms with Crippen molar-refractivity contribution in [3.8, 4) is 0 Å². The third kappa shape index (κ3) is 2.31. The minimum atomic E-state index is 0.260. The molecular formula is C8H10ClN3S. The van der Waals surface area contributed by atoms with Crippen molar-refractivity contribution in [1.82, 2.24) is 15.2 Å². The molecule has 0 spiro atoms. The van der Waals surface area contributed by atoms with Gasteiger partial charge in [-0.25, -0.2) is 4.98 Å². The van der Waals surface area contributed by atoms with Crippen LogP contribution in [0.1, 0.15) is 24.5 Å². The lowest BCUT2D eigenvalue weighted by molar-refractivity contribution is 0.611. The molecule has 0 N–H and O–H groups in total. The van der Waals surface area contributed by atoms with Gasteiger partial charge < -0.3 is 0 Å². The van der Waals surface area contributed by atoms with Crippen LogP contribution in [0.15, 0.2) is 6.20 Å². The van der Waals surface area contributed by atoms with E-state index in [4.69, 9.17) is 11.6 Å². The molecule has 5 heteroatoms. The van der Waals surface area contributed by atoms with Crippen LogP contribution in [-0.4, -0.2) is 26.7 Å². The molecule has 0 atom stereocenters. The van der Waals surface area contributed by atoms with Gasteiger partial charge in [0, 0.05) is 5.92 Å². The van der Waals surface area contributed by atoms with E-state index in [1.165, 1.54) is 24.3 Å². The van der Waals surface area contributed by atoms with E-state index in [9.17, 15) is 0 Å². The van der Waals surface area contributed by atoms with E-state index >= 15 is 0 Å². The van der Waals surface area contributed by atoms with Crippen LogP contribution in [0.25, 0.3) is 0 Å². The highest BCUT2D eigenvalue weighted by molar-refractivity contribution is 7.99. The van der Waals surface area contributed by atoms with Crippen LogP contribution < -0.4 is 0 Å². The summed E-state index contributed by atoms with van der Waals surface area (Å²) in [7, 11) is 0. The first-order valence-electron chi connectivity index (χ1n) is 4.29. The van der Waals surface area contributed by atoms with Crippen molar-refractivity contribution in [2.24, 2.45) is 0 Å². The summed E-state index contributed by atoms with van der Waals surface area (Å²) in [5.41, 5.74) is 1.00. The number of rotatable bonds is 1. The van der Waals surface area contributed by atoms with Gasteiger partial charge in [0.15, 0.2) is 0 Å². The fourth-order valence-corrected chi connectivity index (χ4v) is 2.73. The molecule has 1 saturated heterocycles. The Morgan fingerprint density at radius 1 is 1.38 bits per heavy atom. The molecule has 0 aromatic carbocycles. The van der Waals surface area contributed by atoms with Crippen molar-refractivity contribution in [1.29, 1.82) is 0 Å². The van der Waals surface area contributed by atoms with E-state index in [-0.39, 0.29) is 5.28 Å². The smallest absolute Gasteiger partial charge is 0.220 e. The van der Waals surface area contributed by atoms with Gasteiger partial charge in [0.05, 0.1) is 11.9 Å². The zero-order valence-electron chi connectivity index (χ0n) is 7.11. The van der Waals surface area contributed by atoms with Crippen LogP contribution in [0.2, 0.25) is 5.28 Å². The fourth-order valence-electron chi connectivity index (χ4n) is 1.48. The summed E-state index contributed by atoms with van der Waals surface area (Å²) in [5.74, 6) is 2.97. The molecule has 1 aromatic rings. The summed E-state index contributed by atoms with van der Waals surface area (Å²) in [6.07, 6.45) is 4.09.